The van der Waals surface area contributed by atoms with E-state index in [0.29, 0.717) is 22.9 Å². The summed E-state index contributed by atoms with van der Waals surface area (Å²) in [7, 11) is 1.27. The van der Waals surface area contributed by atoms with Crippen LogP contribution >= 0.6 is 0 Å². The Kier molecular flexibility index (Phi) is 7.39. The lowest BCUT2D eigenvalue weighted by atomic mass is 10.0. The van der Waals surface area contributed by atoms with Gasteiger partial charge in [0.1, 0.15) is 23.9 Å². The van der Waals surface area contributed by atoms with Gasteiger partial charge in [0.25, 0.3) is 5.91 Å². The molecule has 1 aliphatic carbocycles. The third-order valence-electron chi connectivity index (χ3n) is 7.74. The average Bonchev–Trinajstić information content (AvgIpc) is 3.81. The molecule has 0 radical (unpaired) electrons. The van der Waals surface area contributed by atoms with Gasteiger partial charge in [-0.05, 0) is 60.9 Å². The first-order valence-electron chi connectivity index (χ1n) is 13.8. The molecule has 216 valence electrons. The lowest BCUT2D eigenvalue weighted by Gasteiger charge is -2.17. The number of aromatic nitrogens is 3. The molecule has 1 atom stereocenters. The zero-order chi connectivity index (χ0) is 29.2. The van der Waals surface area contributed by atoms with Crippen LogP contribution in [0.3, 0.4) is 0 Å². The van der Waals surface area contributed by atoms with E-state index in [0.717, 1.165) is 59.1 Å². The molecule has 1 aliphatic rings. The Morgan fingerprint density at radius 2 is 2.00 bits per heavy atom. The number of carboxylic acid groups (broad SMARTS) is 1. The molecule has 1 amide bonds. The van der Waals surface area contributed by atoms with Gasteiger partial charge in [0, 0.05) is 35.1 Å². The molecular formula is C31H30N4O7. The van der Waals surface area contributed by atoms with E-state index in [1.807, 2.05) is 12.1 Å². The van der Waals surface area contributed by atoms with Crippen molar-refractivity contribution in [2.24, 2.45) is 0 Å². The number of carbonyl (C=O) groups excluding carboxylic acids is 2. The van der Waals surface area contributed by atoms with Crippen LogP contribution in [0.15, 0.2) is 65.6 Å². The van der Waals surface area contributed by atoms with Gasteiger partial charge in [0.15, 0.2) is 6.61 Å². The van der Waals surface area contributed by atoms with Gasteiger partial charge < -0.3 is 33.9 Å². The molecule has 0 saturated heterocycles. The minimum absolute atomic E-state index is 0.143. The number of fused-ring (bicyclic) bond motifs is 2. The number of aromatic amines is 1. The fraction of sp³-hybridized carbons (Fsp3) is 0.290. The molecule has 0 bridgehead atoms. The maximum absolute atomic E-state index is 13.4. The molecule has 6 rings (SSSR count). The Morgan fingerprint density at radius 3 is 2.74 bits per heavy atom. The van der Waals surface area contributed by atoms with E-state index >= 15 is 0 Å². The lowest BCUT2D eigenvalue weighted by Crippen LogP contribution is -2.43. The van der Waals surface area contributed by atoms with Crippen molar-refractivity contribution < 1.29 is 33.4 Å². The smallest absolute Gasteiger partial charge is 0.341 e. The third-order valence-corrected chi connectivity index (χ3v) is 7.74. The summed E-state index contributed by atoms with van der Waals surface area (Å²) in [5.74, 6) is -0.923. The molecular weight excluding hydrogens is 540 g/mol. The van der Waals surface area contributed by atoms with E-state index in [2.05, 4.69) is 14.9 Å². The molecule has 0 aliphatic heterocycles. The van der Waals surface area contributed by atoms with Crippen LogP contribution < -0.4 is 10.1 Å². The SMILES string of the molecule is COC(=O)[C@H](Cc1c[nH]c2ccc(OCC(=O)O)cc12)NC(=O)c1ccc2c(c1)nc(-c1ccoc1)n2C1CCCC1. The van der Waals surface area contributed by atoms with E-state index < -0.39 is 30.5 Å². The maximum atomic E-state index is 13.4. The van der Waals surface area contributed by atoms with Crippen molar-refractivity contribution in [1.82, 2.24) is 19.9 Å². The summed E-state index contributed by atoms with van der Waals surface area (Å²) < 4.78 is 17.9. The molecule has 11 nitrogen and oxygen atoms in total. The molecule has 1 saturated carbocycles. The van der Waals surface area contributed by atoms with Crippen molar-refractivity contribution in [3.63, 3.8) is 0 Å². The number of furan rings is 1. The van der Waals surface area contributed by atoms with Gasteiger partial charge in [-0.25, -0.2) is 14.6 Å². The van der Waals surface area contributed by atoms with Crippen LogP contribution in [0.5, 0.6) is 5.75 Å². The Balaban J connectivity index is 1.27. The minimum Gasteiger partial charge on any atom is -0.482 e. The number of esters is 1. The first-order chi connectivity index (χ1) is 20.4. The molecule has 11 heteroatoms. The highest BCUT2D eigenvalue weighted by molar-refractivity contribution is 6.00. The molecule has 0 spiro atoms. The van der Waals surface area contributed by atoms with Gasteiger partial charge >= 0.3 is 11.9 Å². The van der Waals surface area contributed by atoms with E-state index in [-0.39, 0.29) is 6.42 Å². The van der Waals surface area contributed by atoms with Crippen LogP contribution in [0.1, 0.15) is 47.6 Å². The van der Waals surface area contributed by atoms with Crippen LogP contribution in [0.2, 0.25) is 0 Å². The molecule has 42 heavy (non-hydrogen) atoms. The number of H-pyrrole nitrogens is 1. The first kappa shape index (κ1) is 27.1. The van der Waals surface area contributed by atoms with Crippen molar-refractivity contribution in [2.45, 2.75) is 44.2 Å². The van der Waals surface area contributed by atoms with Crippen molar-refractivity contribution in [1.29, 1.82) is 0 Å². The van der Waals surface area contributed by atoms with Crippen molar-refractivity contribution in [3.05, 3.63) is 72.3 Å². The zero-order valence-electron chi connectivity index (χ0n) is 23.0. The fourth-order valence-electron chi connectivity index (χ4n) is 5.73. The number of rotatable bonds is 10. The van der Waals surface area contributed by atoms with Gasteiger partial charge in [-0.3, -0.25) is 4.79 Å². The average molecular weight is 571 g/mol. The van der Waals surface area contributed by atoms with Crippen LogP contribution in [0.25, 0.3) is 33.3 Å². The highest BCUT2D eigenvalue weighted by Crippen LogP contribution is 2.37. The van der Waals surface area contributed by atoms with Gasteiger partial charge in [-0.1, -0.05) is 12.8 Å². The molecule has 5 aromatic rings. The zero-order valence-corrected chi connectivity index (χ0v) is 23.0. The van der Waals surface area contributed by atoms with Crippen LogP contribution in [-0.4, -0.2) is 57.2 Å². The molecule has 3 N–H and O–H groups in total. The Bertz CT molecular complexity index is 1760. The summed E-state index contributed by atoms with van der Waals surface area (Å²) >= 11 is 0. The van der Waals surface area contributed by atoms with Gasteiger partial charge in [0.2, 0.25) is 0 Å². The largest absolute Gasteiger partial charge is 0.482 e. The number of amides is 1. The Labute approximate surface area is 240 Å². The fourth-order valence-corrected chi connectivity index (χ4v) is 5.73. The predicted octanol–water partition coefficient (Wildman–Crippen LogP) is 4.87. The van der Waals surface area contributed by atoms with Crippen LogP contribution in [0.4, 0.5) is 0 Å². The number of benzene rings is 2. The van der Waals surface area contributed by atoms with E-state index in [4.69, 9.17) is 24.0 Å². The summed E-state index contributed by atoms with van der Waals surface area (Å²) in [4.78, 5) is 45.1. The topological polar surface area (TPSA) is 149 Å². The number of ether oxygens (including phenoxy) is 2. The molecule has 2 aromatic carbocycles. The van der Waals surface area contributed by atoms with Gasteiger partial charge in [0.05, 0.1) is 30.0 Å². The number of methoxy groups -OCH3 is 1. The van der Waals surface area contributed by atoms with E-state index in [1.165, 1.54) is 7.11 Å². The van der Waals surface area contributed by atoms with Crippen molar-refractivity contribution in [2.75, 3.05) is 13.7 Å². The van der Waals surface area contributed by atoms with Crippen molar-refractivity contribution in [3.8, 4) is 17.1 Å². The van der Waals surface area contributed by atoms with Crippen LogP contribution in [-0.2, 0) is 20.7 Å². The van der Waals surface area contributed by atoms with Crippen LogP contribution in [0, 0.1) is 0 Å². The highest BCUT2D eigenvalue weighted by atomic mass is 16.5. The lowest BCUT2D eigenvalue weighted by molar-refractivity contribution is -0.143. The normalized spacial score (nSPS) is 14.3. The first-order valence-corrected chi connectivity index (χ1v) is 13.8. The highest BCUT2D eigenvalue weighted by Gasteiger charge is 2.27. The van der Waals surface area contributed by atoms with E-state index in [9.17, 15) is 14.4 Å². The molecule has 0 unspecified atom stereocenters. The Morgan fingerprint density at radius 1 is 1.17 bits per heavy atom. The minimum atomic E-state index is -1.08. The predicted molar refractivity (Wildman–Crippen MR) is 153 cm³/mol. The van der Waals surface area contributed by atoms with E-state index in [1.54, 1.807) is 49.1 Å². The van der Waals surface area contributed by atoms with Crippen molar-refractivity contribution >= 4 is 39.8 Å². The number of hydrogen-bond acceptors (Lipinski definition) is 7. The number of hydrogen-bond donors (Lipinski definition) is 3. The summed E-state index contributed by atoms with van der Waals surface area (Å²) in [6.07, 6.45) is 9.65. The number of carboxylic acids is 1. The second-order valence-corrected chi connectivity index (χ2v) is 10.4. The number of carbonyl (C=O) groups is 3. The third kappa shape index (κ3) is 5.32. The molecule has 3 heterocycles. The second-order valence-electron chi connectivity index (χ2n) is 10.4. The molecule has 3 aromatic heterocycles. The molecule has 1 fully saturated rings. The van der Waals surface area contributed by atoms with Gasteiger partial charge in [-0.15, -0.1) is 0 Å². The number of nitrogens with one attached hydrogen (secondary N) is 2. The number of aliphatic carboxylic acids is 1. The standard InChI is InChI=1S/C31H30N4O7/c1-40-31(39)26(13-20-15-32-24-8-7-22(14-23(20)24)42-17-28(36)37)34-30(38)18-6-9-27-25(12-18)33-29(19-10-11-41-16-19)35(27)21-4-2-3-5-21/h6-12,14-16,21,26,32H,2-5,13,17H2,1H3,(H,34,38)(H,36,37)/t26-/m0/s1. The summed E-state index contributed by atoms with van der Waals surface area (Å²) in [5.41, 5.74) is 4.39. The number of imidazole rings is 1. The Hall–Kier alpha value is -5.06. The monoisotopic (exact) mass is 570 g/mol. The quantitative estimate of drug-likeness (QED) is 0.201. The number of nitrogens with zero attached hydrogens (tertiary/aromatic N) is 2. The summed E-state index contributed by atoms with van der Waals surface area (Å²) in [6.45, 7) is -0.473. The summed E-state index contributed by atoms with van der Waals surface area (Å²) in [5, 5.41) is 12.5. The van der Waals surface area contributed by atoms with Gasteiger partial charge in [-0.2, -0.15) is 0 Å². The second kappa shape index (κ2) is 11.4. The summed E-state index contributed by atoms with van der Waals surface area (Å²) in [6, 6.07) is 11.8. The maximum Gasteiger partial charge on any atom is 0.341 e.